The number of aliphatic carboxylic acids is 1. The molecule has 0 aromatic carbocycles. The molecule has 0 radical (unpaired) electrons. The Morgan fingerprint density at radius 3 is 2.21 bits per heavy atom. The minimum atomic E-state index is -0.866. The second-order valence-corrected chi connectivity index (χ2v) is 5.04. The van der Waals surface area contributed by atoms with Crippen molar-refractivity contribution in [1.82, 2.24) is 0 Å². The lowest BCUT2D eigenvalue weighted by Crippen LogP contribution is -2.24. The average molecular weight is 274 g/mol. The van der Waals surface area contributed by atoms with Crippen LogP contribution < -0.4 is 0 Å². The average Bonchev–Trinajstić information content (AvgIpc) is 2.39. The molecule has 0 aliphatic carbocycles. The highest BCUT2D eigenvalue weighted by atomic mass is 16.5. The van der Waals surface area contributed by atoms with Gasteiger partial charge in [0.2, 0.25) is 0 Å². The molecule has 4 nitrogen and oxygen atoms in total. The lowest BCUT2D eigenvalue weighted by atomic mass is 10.1. The molecule has 0 rings (SSSR count). The Kier molecular flexibility index (Phi) is 13.4. The van der Waals surface area contributed by atoms with Gasteiger partial charge in [0.25, 0.3) is 0 Å². The van der Waals surface area contributed by atoms with Crippen LogP contribution in [-0.4, -0.2) is 35.5 Å². The molecule has 4 heteroatoms. The standard InChI is InChI=1S/C15H30O4/c1-2-3-4-5-6-7-8-11-14(15(17)18)19-13-10-9-12-16/h14,16H,2-13H2,1H3,(H,17,18). The lowest BCUT2D eigenvalue weighted by Gasteiger charge is -2.13. The SMILES string of the molecule is CCCCCCCCCC(OCCCCO)C(=O)O. The molecule has 0 saturated heterocycles. The van der Waals surface area contributed by atoms with Gasteiger partial charge in [0, 0.05) is 13.2 Å². The van der Waals surface area contributed by atoms with Crippen molar-refractivity contribution in [1.29, 1.82) is 0 Å². The van der Waals surface area contributed by atoms with Gasteiger partial charge in [-0.25, -0.2) is 4.79 Å². The largest absolute Gasteiger partial charge is 0.479 e. The Hall–Kier alpha value is -0.610. The highest BCUT2D eigenvalue weighted by Gasteiger charge is 2.16. The summed E-state index contributed by atoms with van der Waals surface area (Å²) in [7, 11) is 0. The number of carbonyl (C=O) groups is 1. The van der Waals surface area contributed by atoms with E-state index in [9.17, 15) is 4.79 Å². The van der Waals surface area contributed by atoms with Crippen LogP contribution >= 0.6 is 0 Å². The Balaban J connectivity index is 3.51. The molecular formula is C15H30O4. The van der Waals surface area contributed by atoms with E-state index in [-0.39, 0.29) is 6.61 Å². The molecule has 0 amide bonds. The molecule has 0 aliphatic heterocycles. The summed E-state index contributed by atoms with van der Waals surface area (Å²) in [4.78, 5) is 11.0. The van der Waals surface area contributed by atoms with Crippen LogP contribution in [0.3, 0.4) is 0 Å². The smallest absolute Gasteiger partial charge is 0.332 e. The molecule has 1 atom stereocenters. The van der Waals surface area contributed by atoms with Crippen molar-refractivity contribution in [2.24, 2.45) is 0 Å². The fraction of sp³-hybridized carbons (Fsp3) is 0.933. The summed E-state index contributed by atoms with van der Waals surface area (Å²) in [6.07, 6.45) is 9.61. The van der Waals surface area contributed by atoms with E-state index >= 15 is 0 Å². The van der Waals surface area contributed by atoms with Gasteiger partial charge in [-0.1, -0.05) is 51.9 Å². The van der Waals surface area contributed by atoms with Crippen molar-refractivity contribution < 1.29 is 19.7 Å². The summed E-state index contributed by atoms with van der Waals surface area (Å²) in [5, 5.41) is 17.7. The fourth-order valence-electron chi connectivity index (χ4n) is 2.00. The molecule has 19 heavy (non-hydrogen) atoms. The first kappa shape index (κ1) is 18.4. The van der Waals surface area contributed by atoms with Gasteiger partial charge in [-0.2, -0.15) is 0 Å². The van der Waals surface area contributed by atoms with Gasteiger partial charge in [-0.05, 0) is 19.3 Å². The summed E-state index contributed by atoms with van der Waals surface area (Å²) < 4.78 is 5.34. The van der Waals surface area contributed by atoms with E-state index in [1.54, 1.807) is 0 Å². The maximum Gasteiger partial charge on any atom is 0.332 e. The maximum atomic E-state index is 11.0. The minimum Gasteiger partial charge on any atom is -0.479 e. The molecule has 114 valence electrons. The van der Waals surface area contributed by atoms with E-state index in [0.29, 0.717) is 19.4 Å². The molecule has 0 heterocycles. The Bertz CT molecular complexity index is 206. The molecule has 0 aromatic rings. The van der Waals surface area contributed by atoms with E-state index in [2.05, 4.69) is 6.92 Å². The number of carboxylic acids is 1. The molecule has 0 aromatic heterocycles. The summed E-state index contributed by atoms with van der Waals surface area (Å²) >= 11 is 0. The van der Waals surface area contributed by atoms with E-state index in [1.807, 2.05) is 0 Å². The van der Waals surface area contributed by atoms with Crippen molar-refractivity contribution >= 4 is 5.97 Å². The third kappa shape index (κ3) is 12.2. The number of hydrogen-bond donors (Lipinski definition) is 2. The topological polar surface area (TPSA) is 66.8 Å². The number of carboxylic acid groups (broad SMARTS) is 1. The maximum absolute atomic E-state index is 11.0. The van der Waals surface area contributed by atoms with E-state index in [4.69, 9.17) is 14.9 Å². The highest BCUT2D eigenvalue weighted by molar-refractivity contribution is 5.72. The predicted molar refractivity (Wildman–Crippen MR) is 76.3 cm³/mol. The number of hydrogen-bond acceptors (Lipinski definition) is 3. The first-order chi connectivity index (χ1) is 9.22. The Labute approximate surface area is 117 Å². The zero-order valence-corrected chi connectivity index (χ0v) is 12.3. The van der Waals surface area contributed by atoms with Crippen molar-refractivity contribution in [2.75, 3.05) is 13.2 Å². The monoisotopic (exact) mass is 274 g/mol. The molecule has 2 N–H and O–H groups in total. The molecule has 0 saturated carbocycles. The number of ether oxygens (including phenoxy) is 1. The Morgan fingerprint density at radius 2 is 1.63 bits per heavy atom. The number of unbranched alkanes of at least 4 members (excludes halogenated alkanes) is 7. The summed E-state index contributed by atoms with van der Waals surface area (Å²) in [5.41, 5.74) is 0. The summed E-state index contributed by atoms with van der Waals surface area (Å²) in [5.74, 6) is -0.866. The van der Waals surface area contributed by atoms with Crippen molar-refractivity contribution in [3.8, 4) is 0 Å². The Morgan fingerprint density at radius 1 is 1.00 bits per heavy atom. The van der Waals surface area contributed by atoms with E-state index < -0.39 is 12.1 Å². The number of rotatable bonds is 14. The molecule has 0 aliphatic rings. The van der Waals surface area contributed by atoms with E-state index in [0.717, 1.165) is 19.3 Å². The predicted octanol–water partition coefficient (Wildman–Crippen LogP) is 3.37. The first-order valence-electron chi connectivity index (χ1n) is 7.67. The van der Waals surface area contributed by atoms with Crippen LogP contribution in [-0.2, 0) is 9.53 Å². The summed E-state index contributed by atoms with van der Waals surface area (Å²) in [6.45, 7) is 2.76. The van der Waals surface area contributed by atoms with Crippen molar-refractivity contribution in [2.45, 2.75) is 77.2 Å². The van der Waals surface area contributed by atoms with Crippen LogP contribution in [0.25, 0.3) is 0 Å². The van der Waals surface area contributed by atoms with Crippen molar-refractivity contribution in [3.05, 3.63) is 0 Å². The normalized spacial score (nSPS) is 12.5. The second-order valence-electron chi connectivity index (χ2n) is 5.04. The minimum absolute atomic E-state index is 0.138. The van der Waals surface area contributed by atoms with Gasteiger partial charge in [0.05, 0.1) is 0 Å². The van der Waals surface area contributed by atoms with Gasteiger partial charge in [-0.15, -0.1) is 0 Å². The molecule has 1 unspecified atom stereocenters. The van der Waals surface area contributed by atoms with Crippen molar-refractivity contribution in [3.63, 3.8) is 0 Å². The van der Waals surface area contributed by atoms with Gasteiger partial charge in [0.1, 0.15) is 0 Å². The molecule has 0 spiro atoms. The van der Waals surface area contributed by atoms with Gasteiger partial charge in [-0.3, -0.25) is 0 Å². The van der Waals surface area contributed by atoms with Crippen LogP contribution in [0.5, 0.6) is 0 Å². The van der Waals surface area contributed by atoms with Gasteiger partial charge < -0.3 is 14.9 Å². The third-order valence-electron chi connectivity index (χ3n) is 3.22. The number of aliphatic hydroxyl groups is 1. The van der Waals surface area contributed by atoms with Crippen LogP contribution in [0.2, 0.25) is 0 Å². The van der Waals surface area contributed by atoms with Crippen LogP contribution in [0.4, 0.5) is 0 Å². The third-order valence-corrected chi connectivity index (χ3v) is 3.22. The lowest BCUT2D eigenvalue weighted by molar-refractivity contribution is -0.151. The van der Waals surface area contributed by atoms with E-state index in [1.165, 1.54) is 32.1 Å². The van der Waals surface area contributed by atoms with Gasteiger partial charge >= 0.3 is 5.97 Å². The molecule has 0 bridgehead atoms. The second kappa shape index (κ2) is 13.8. The van der Waals surface area contributed by atoms with Crippen LogP contribution in [0.15, 0.2) is 0 Å². The fourth-order valence-corrected chi connectivity index (χ4v) is 2.00. The molecular weight excluding hydrogens is 244 g/mol. The first-order valence-corrected chi connectivity index (χ1v) is 7.67. The quantitative estimate of drug-likeness (QED) is 0.477. The zero-order valence-electron chi connectivity index (χ0n) is 12.3. The van der Waals surface area contributed by atoms with Gasteiger partial charge in [0.15, 0.2) is 6.10 Å². The summed E-state index contributed by atoms with van der Waals surface area (Å²) in [6, 6.07) is 0. The number of aliphatic hydroxyl groups excluding tert-OH is 1. The molecule has 0 fully saturated rings. The highest BCUT2D eigenvalue weighted by Crippen LogP contribution is 2.11. The van der Waals surface area contributed by atoms with Crippen LogP contribution in [0, 0.1) is 0 Å². The van der Waals surface area contributed by atoms with Crippen LogP contribution in [0.1, 0.15) is 71.1 Å². The zero-order chi connectivity index (χ0) is 14.3.